The van der Waals surface area contributed by atoms with Crippen molar-refractivity contribution < 1.29 is 9.66 Å². The third-order valence-corrected chi connectivity index (χ3v) is 3.16. The van der Waals surface area contributed by atoms with E-state index in [1.54, 1.807) is 6.07 Å². The van der Waals surface area contributed by atoms with E-state index < -0.39 is 4.92 Å². The molecule has 0 atom stereocenters. The lowest BCUT2D eigenvalue weighted by atomic mass is 10.3. The number of nitro benzene ring substituents is 1. The van der Waals surface area contributed by atoms with Gasteiger partial charge in [0.1, 0.15) is 0 Å². The molecule has 19 heavy (non-hydrogen) atoms. The Kier molecular flexibility index (Phi) is 7.12. The van der Waals surface area contributed by atoms with Crippen molar-refractivity contribution in [3.05, 3.63) is 31.7 Å². The highest BCUT2D eigenvalue weighted by Crippen LogP contribution is 2.37. The average Bonchev–Trinajstić information content (AvgIpc) is 2.34. The van der Waals surface area contributed by atoms with Crippen molar-refractivity contribution >= 4 is 33.2 Å². The molecule has 0 aliphatic carbocycles. The maximum absolute atomic E-state index is 10.9. The zero-order chi connectivity index (χ0) is 14.3. The number of nitro groups is 1. The van der Waals surface area contributed by atoms with E-state index in [0.29, 0.717) is 16.1 Å². The van der Waals surface area contributed by atoms with Gasteiger partial charge in [-0.05, 0) is 47.9 Å². The zero-order valence-corrected chi connectivity index (χ0v) is 13.0. The summed E-state index contributed by atoms with van der Waals surface area (Å²) in [5.74, 6) is 0.227. The Balaban J connectivity index is 2.59. The summed E-state index contributed by atoms with van der Waals surface area (Å²) in [4.78, 5) is 10.4. The monoisotopic (exact) mass is 350 g/mol. The number of ether oxygens (including phenoxy) is 1. The van der Waals surface area contributed by atoms with Crippen molar-refractivity contribution in [1.82, 2.24) is 5.32 Å². The van der Waals surface area contributed by atoms with E-state index >= 15 is 0 Å². The van der Waals surface area contributed by atoms with Gasteiger partial charge in [0.15, 0.2) is 0 Å². The largest absolute Gasteiger partial charge is 0.486 e. The number of halogens is 2. The summed E-state index contributed by atoms with van der Waals surface area (Å²) in [5.41, 5.74) is -0.124. The molecule has 0 radical (unpaired) electrons. The molecule has 0 heterocycles. The van der Waals surface area contributed by atoms with E-state index in [1.165, 1.54) is 6.07 Å². The number of benzene rings is 1. The summed E-state index contributed by atoms with van der Waals surface area (Å²) in [6, 6.07) is 2.87. The Morgan fingerprint density at radius 1 is 1.47 bits per heavy atom. The molecule has 106 valence electrons. The minimum absolute atomic E-state index is 0.124. The maximum atomic E-state index is 10.9. The zero-order valence-electron chi connectivity index (χ0n) is 10.6. The van der Waals surface area contributed by atoms with Gasteiger partial charge in [0.05, 0.1) is 16.0 Å². The SMILES string of the molecule is CCCNCCCOc1c(Br)cc(Cl)cc1[N+](=O)[O-]. The quantitative estimate of drug-likeness (QED) is 0.440. The van der Waals surface area contributed by atoms with Gasteiger partial charge < -0.3 is 10.1 Å². The summed E-state index contributed by atoms with van der Waals surface area (Å²) in [7, 11) is 0. The number of rotatable bonds is 8. The van der Waals surface area contributed by atoms with Crippen LogP contribution in [-0.2, 0) is 0 Å². The molecule has 1 N–H and O–H groups in total. The summed E-state index contributed by atoms with van der Waals surface area (Å²) >= 11 is 9.02. The molecule has 0 aliphatic rings. The number of nitrogens with one attached hydrogen (secondary N) is 1. The van der Waals surface area contributed by atoms with Gasteiger partial charge >= 0.3 is 5.69 Å². The minimum atomic E-state index is -0.499. The van der Waals surface area contributed by atoms with Gasteiger partial charge in [0.2, 0.25) is 5.75 Å². The van der Waals surface area contributed by atoms with Crippen LogP contribution < -0.4 is 10.1 Å². The first-order chi connectivity index (χ1) is 9.06. The molecule has 1 rings (SSSR count). The molecule has 5 nitrogen and oxygen atoms in total. The van der Waals surface area contributed by atoms with Crippen molar-refractivity contribution in [1.29, 1.82) is 0 Å². The Morgan fingerprint density at radius 2 is 2.21 bits per heavy atom. The third-order valence-electron chi connectivity index (χ3n) is 2.36. The smallest absolute Gasteiger partial charge is 0.313 e. The second-order valence-corrected chi connectivity index (χ2v) is 5.24. The predicted octanol–water partition coefficient (Wildman–Crippen LogP) is 3.78. The molecule has 0 fully saturated rings. The Hall–Kier alpha value is -0.850. The van der Waals surface area contributed by atoms with Crippen molar-refractivity contribution in [3.63, 3.8) is 0 Å². The van der Waals surface area contributed by atoms with Crippen LogP contribution in [0.25, 0.3) is 0 Å². The normalized spacial score (nSPS) is 10.5. The van der Waals surface area contributed by atoms with E-state index in [0.717, 1.165) is 25.9 Å². The van der Waals surface area contributed by atoms with Crippen LogP contribution in [0, 0.1) is 10.1 Å². The molecule has 0 saturated heterocycles. The van der Waals surface area contributed by atoms with Crippen molar-refractivity contribution in [2.45, 2.75) is 19.8 Å². The Labute approximate surface area is 125 Å². The van der Waals surface area contributed by atoms with Gasteiger partial charge in [0, 0.05) is 11.1 Å². The second-order valence-electron chi connectivity index (χ2n) is 3.94. The molecule has 0 aliphatic heterocycles. The van der Waals surface area contributed by atoms with Gasteiger partial charge in [-0.25, -0.2) is 0 Å². The summed E-state index contributed by atoms with van der Waals surface area (Å²) in [6.45, 7) is 4.30. The lowest BCUT2D eigenvalue weighted by Gasteiger charge is -2.09. The highest BCUT2D eigenvalue weighted by Gasteiger charge is 2.19. The van der Waals surface area contributed by atoms with Crippen molar-refractivity contribution in [3.8, 4) is 5.75 Å². The van der Waals surface area contributed by atoms with E-state index in [4.69, 9.17) is 16.3 Å². The number of hydrogen-bond donors (Lipinski definition) is 1. The first-order valence-corrected chi connectivity index (χ1v) is 7.20. The van der Waals surface area contributed by atoms with Crippen LogP contribution in [0.2, 0.25) is 5.02 Å². The average molecular weight is 352 g/mol. The summed E-state index contributed by atoms with van der Waals surface area (Å²) < 4.78 is 5.97. The second kappa shape index (κ2) is 8.35. The van der Waals surface area contributed by atoms with E-state index in [-0.39, 0.29) is 11.4 Å². The van der Waals surface area contributed by atoms with Crippen LogP contribution in [0.1, 0.15) is 19.8 Å². The molecule has 0 unspecified atom stereocenters. The number of nitrogens with zero attached hydrogens (tertiary/aromatic N) is 1. The lowest BCUT2D eigenvalue weighted by Crippen LogP contribution is -2.18. The van der Waals surface area contributed by atoms with E-state index in [2.05, 4.69) is 28.2 Å². The van der Waals surface area contributed by atoms with Crippen LogP contribution in [0.3, 0.4) is 0 Å². The minimum Gasteiger partial charge on any atom is -0.486 e. The van der Waals surface area contributed by atoms with Gasteiger partial charge in [0.25, 0.3) is 0 Å². The topological polar surface area (TPSA) is 64.4 Å². The fourth-order valence-electron chi connectivity index (χ4n) is 1.50. The van der Waals surface area contributed by atoms with Crippen molar-refractivity contribution in [2.24, 2.45) is 0 Å². The van der Waals surface area contributed by atoms with E-state index in [1.807, 2.05) is 0 Å². The summed E-state index contributed by atoms with van der Waals surface area (Å²) in [6.07, 6.45) is 1.86. The van der Waals surface area contributed by atoms with Crippen LogP contribution in [0.5, 0.6) is 5.75 Å². The van der Waals surface area contributed by atoms with E-state index in [9.17, 15) is 10.1 Å². The molecular weight excluding hydrogens is 336 g/mol. The molecular formula is C12H16BrClN2O3. The summed E-state index contributed by atoms with van der Waals surface area (Å²) in [5, 5.41) is 14.5. The van der Waals surface area contributed by atoms with Crippen LogP contribution in [0.15, 0.2) is 16.6 Å². The molecule has 1 aromatic carbocycles. The molecule has 0 aromatic heterocycles. The first kappa shape index (κ1) is 16.2. The highest BCUT2D eigenvalue weighted by molar-refractivity contribution is 9.10. The highest BCUT2D eigenvalue weighted by atomic mass is 79.9. The molecule has 0 bridgehead atoms. The molecule has 0 saturated carbocycles. The van der Waals surface area contributed by atoms with Crippen molar-refractivity contribution in [2.75, 3.05) is 19.7 Å². The van der Waals surface area contributed by atoms with Crippen LogP contribution >= 0.6 is 27.5 Å². The Morgan fingerprint density at radius 3 is 2.84 bits per heavy atom. The maximum Gasteiger partial charge on any atom is 0.313 e. The van der Waals surface area contributed by atoms with Gasteiger partial charge in [-0.15, -0.1) is 0 Å². The van der Waals surface area contributed by atoms with Crippen LogP contribution in [-0.4, -0.2) is 24.6 Å². The van der Waals surface area contributed by atoms with Gasteiger partial charge in [-0.3, -0.25) is 10.1 Å². The van der Waals surface area contributed by atoms with Crippen LogP contribution in [0.4, 0.5) is 5.69 Å². The fourth-order valence-corrected chi connectivity index (χ4v) is 2.41. The first-order valence-electron chi connectivity index (χ1n) is 6.03. The lowest BCUT2D eigenvalue weighted by molar-refractivity contribution is -0.385. The molecule has 0 spiro atoms. The molecule has 1 aromatic rings. The number of hydrogen-bond acceptors (Lipinski definition) is 4. The Bertz CT molecular complexity index is 443. The predicted molar refractivity (Wildman–Crippen MR) is 79.1 cm³/mol. The molecule has 7 heteroatoms. The fraction of sp³-hybridized carbons (Fsp3) is 0.500. The van der Waals surface area contributed by atoms with Gasteiger partial charge in [-0.1, -0.05) is 18.5 Å². The van der Waals surface area contributed by atoms with Gasteiger partial charge in [-0.2, -0.15) is 0 Å². The standard InChI is InChI=1S/C12H16BrClN2O3/c1-2-4-15-5-3-6-19-12-10(13)7-9(14)8-11(12)16(17)18/h7-8,15H,2-6H2,1H3. The third kappa shape index (κ3) is 5.34. The molecule has 0 amide bonds.